The lowest BCUT2D eigenvalue weighted by molar-refractivity contribution is -0.167. The summed E-state index contributed by atoms with van der Waals surface area (Å²) in [4.78, 5) is 38.3. The van der Waals surface area contributed by atoms with Gasteiger partial charge in [0.1, 0.15) is 13.2 Å². The maximum Gasteiger partial charge on any atom is 0.306 e. The SMILES string of the molecule is CC/C=C\C/C=C\C/C=C\C/C=C\CCCCCCCCCCCCCCCCCCCCC(=O)OCC(COC(=O)CCCCCCCCCCC)OC(=O)CCCCCCCCCCCCC/C=C\CCCCCCCCCC. The van der Waals surface area contributed by atoms with Crippen LogP contribution in [0.3, 0.4) is 0 Å². The summed E-state index contributed by atoms with van der Waals surface area (Å²) in [5, 5.41) is 0. The van der Waals surface area contributed by atoms with Crippen LogP contribution in [0.5, 0.6) is 0 Å². The van der Waals surface area contributed by atoms with Crippen LogP contribution in [0.25, 0.3) is 0 Å². The van der Waals surface area contributed by atoms with Gasteiger partial charge in [0.15, 0.2) is 6.10 Å². The van der Waals surface area contributed by atoms with Gasteiger partial charge in [0.2, 0.25) is 0 Å². The molecule has 0 fully saturated rings. The minimum atomic E-state index is -0.771. The minimum absolute atomic E-state index is 0.0684. The highest BCUT2D eigenvalue weighted by atomic mass is 16.6. The summed E-state index contributed by atoms with van der Waals surface area (Å²) < 4.78 is 16.9. The Morgan fingerprint density at radius 2 is 0.481 bits per heavy atom. The van der Waals surface area contributed by atoms with Crippen LogP contribution in [0.4, 0.5) is 0 Å². The van der Waals surface area contributed by atoms with E-state index >= 15 is 0 Å². The zero-order valence-electron chi connectivity index (χ0n) is 54.3. The predicted octanol–water partition coefficient (Wildman–Crippen LogP) is 24.7. The molecule has 0 aromatic rings. The van der Waals surface area contributed by atoms with Crippen molar-refractivity contribution in [3.8, 4) is 0 Å². The molecule has 81 heavy (non-hydrogen) atoms. The molecule has 0 saturated heterocycles. The van der Waals surface area contributed by atoms with Crippen molar-refractivity contribution >= 4 is 17.9 Å². The van der Waals surface area contributed by atoms with Crippen LogP contribution < -0.4 is 0 Å². The summed E-state index contributed by atoms with van der Waals surface area (Å²) in [7, 11) is 0. The third-order valence-corrected chi connectivity index (χ3v) is 16.0. The second-order valence-electron chi connectivity index (χ2n) is 24.1. The molecule has 0 aliphatic heterocycles. The van der Waals surface area contributed by atoms with E-state index in [9.17, 15) is 14.4 Å². The van der Waals surface area contributed by atoms with Gasteiger partial charge in [-0.2, -0.15) is 0 Å². The standard InChI is InChI=1S/C75H136O6/c1-4-7-10-13-16-19-21-23-25-27-29-31-33-34-35-36-37-38-39-40-42-43-45-47-49-51-53-56-59-62-65-68-74(77)80-71-72(70-79-73(76)67-64-61-58-55-18-15-12-9-6-3)81-75(78)69-66-63-60-57-54-52-50-48-46-44-41-32-30-28-26-24-22-20-17-14-11-8-5-2/h7,10,16,19,23,25,28-31,72H,4-6,8-9,11-15,17-18,20-22,24,26-27,32-71H2,1-3H3/b10-7-,19-16-,25-23-,30-28-,31-29-. The number of allylic oxidation sites excluding steroid dienone is 10. The first-order valence-corrected chi connectivity index (χ1v) is 35.8. The molecule has 0 heterocycles. The molecule has 472 valence electrons. The van der Waals surface area contributed by atoms with Gasteiger partial charge < -0.3 is 14.2 Å². The van der Waals surface area contributed by atoms with Gasteiger partial charge in [-0.1, -0.05) is 338 Å². The Balaban J connectivity index is 4.08. The normalized spacial score (nSPS) is 12.4. The number of hydrogen-bond acceptors (Lipinski definition) is 6. The maximum absolute atomic E-state index is 12.9. The fourth-order valence-electron chi connectivity index (χ4n) is 10.7. The first-order valence-electron chi connectivity index (χ1n) is 35.8. The van der Waals surface area contributed by atoms with Gasteiger partial charge >= 0.3 is 17.9 Å². The van der Waals surface area contributed by atoms with Crippen LogP contribution in [0.1, 0.15) is 380 Å². The zero-order chi connectivity index (χ0) is 58.5. The van der Waals surface area contributed by atoms with Crippen molar-refractivity contribution in [2.75, 3.05) is 13.2 Å². The molecule has 6 nitrogen and oxygen atoms in total. The largest absolute Gasteiger partial charge is 0.462 e. The number of carbonyl (C=O) groups excluding carboxylic acids is 3. The quantitative estimate of drug-likeness (QED) is 0.0261. The summed E-state index contributed by atoms with van der Waals surface area (Å²) in [5.74, 6) is -0.847. The Morgan fingerprint density at radius 1 is 0.259 bits per heavy atom. The first-order chi connectivity index (χ1) is 40.0. The van der Waals surface area contributed by atoms with E-state index in [4.69, 9.17) is 14.2 Å². The van der Waals surface area contributed by atoms with Gasteiger partial charge in [0, 0.05) is 19.3 Å². The van der Waals surface area contributed by atoms with Crippen molar-refractivity contribution in [2.24, 2.45) is 0 Å². The number of rotatable bonds is 66. The van der Waals surface area contributed by atoms with Crippen molar-refractivity contribution in [1.82, 2.24) is 0 Å². The minimum Gasteiger partial charge on any atom is -0.462 e. The molecule has 0 bridgehead atoms. The van der Waals surface area contributed by atoms with Crippen molar-refractivity contribution < 1.29 is 28.6 Å². The van der Waals surface area contributed by atoms with E-state index in [1.54, 1.807) is 0 Å². The smallest absolute Gasteiger partial charge is 0.306 e. The van der Waals surface area contributed by atoms with Gasteiger partial charge in [-0.15, -0.1) is 0 Å². The fourth-order valence-corrected chi connectivity index (χ4v) is 10.7. The molecule has 0 aromatic carbocycles. The highest BCUT2D eigenvalue weighted by Gasteiger charge is 2.19. The molecule has 0 aliphatic carbocycles. The molecular formula is C75H136O6. The van der Waals surface area contributed by atoms with Crippen molar-refractivity contribution in [3.63, 3.8) is 0 Å². The van der Waals surface area contributed by atoms with E-state index in [1.807, 2.05) is 0 Å². The van der Waals surface area contributed by atoms with Crippen LogP contribution >= 0.6 is 0 Å². The van der Waals surface area contributed by atoms with Gasteiger partial charge in [0.25, 0.3) is 0 Å². The summed E-state index contributed by atoms with van der Waals surface area (Å²) in [6.07, 6.45) is 89.9. The van der Waals surface area contributed by atoms with Crippen molar-refractivity contribution in [1.29, 1.82) is 0 Å². The number of unbranched alkanes of at least 4 members (excludes halogenated alkanes) is 45. The molecule has 6 heteroatoms. The molecule has 0 amide bonds. The number of esters is 3. The summed E-state index contributed by atoms with van der Waals surface area (Å²) in [5.41, 5.74) is 0. The molecule has 1 unspecified atom stereocenters. The van der Waals surface area contributed by atoms with E-state index in [2.05, 4.69) is 81.5 Å². The Labute approximate surface area is 504 Å². The molecule has 1 atom stereocenters. The van der Waals surface area contributed by atoms with Gasteiger partial charge in [-0.25, -0.2) is 0 Å². The summed E-state index contributed by atoms with van der Waals surface area (Å²) in [6, 6.07) is 0. The summed E-state index contributed by atoms with van der Waals surface area (Å²) >= 11 is 0. The van der Waals surface area contributed by atoms with E-state index in [0.717, 1.165) is 83.5 Å². The zero-order valence-corrected chi connectivity index (χ0v) is 54.3. The van der Waals surface area contributed by atoms with E-state index in [-0.39, 0.29) is 31.1 Å². The van der Waals surface area contributed by atoms with E-state index < -0.39 is 6.10 Å². The fraction of sp³-hybridized carbons (Fsp3) is 0.827. The highest BCUT2D eigenvalue weighted by molar-refractivity contribution is 5.71. The third kappa shape index (κ3) is 67.8. The highest BCUT2D eigenvalue weighted by Crippen LogP contribution is 2.18. The average Bonchev–Trinajstić information content (AvgIpc) is 3.47. The van der Waals surface area contributed by atoms with Crippen molar-refractivity contribution in [2.45, 2.75) is 386 Å². The molecule has 0 N–H and O–H groups in total. The predicted molar refractivity (Wildman–Crippen MR) is 353 cm³/mol. The van der Waals surface area contributed by atoms with Crippen LogP contribution in [0.2, 0.25) is 0 Å². The van der Waals surface area contributed by atoms with E-state index in [0.29, 0.717) is 19.3 Å². The maximum atomic E-state index is 12.9. The lowest BCUT2D eigenvalue weighted by atomic mass is 10.0. The Morgan fingerprint density at radius 3 is 0.765 bits per heavy atom. The lowest BCUT2D eigenvalue weighted by Gasteiger charge is -2.18. The number of hydrogen-bond donors (Lipinski definition) is 0. The molecule has 0 spiro atoms. The monoisotopic (exact) mass is 1130 g/mol. The molecule has 0 saturated carbocycles. The number of ether oxygens (including phenoxy) is 3. The van der Waals surface area contributed by atoms with Crippen molar-refractivity contribution in [3.05, 3.63) is 60.8 Å². The topological polar surface area (TPSA) is 78.9 Å². The Hall–Kier alpha value is -2.89. The molecule has 0 aliphatic rings. The molecule has 0 aromatic heterocycles. The van der Waals surface area contributed by atoms with Crippen LogP contribution in [-0.2, 0) is 28.6 Å². The lowest BCUT2D eigenvalue weighted by Crippen LogP contribution is -2.30. The van der Waals surface area contributed by atoms with Gasteiger partial charge in [-0.05, 0) is 83.5 Å². The first kappa shape index (κ1) is 78.1. The van der Waals surface area contributed by atoms with Crippen LogP contribution in [-0.4, -0.2) is 37.2 Å². The van der Waals surface area contributed by atoms with Crippen LogP contribution in [0, 0.1) is 0 Å². The summed E-state index contributed by atoms with van der Waals surface area (Å²) in [6.45, 7) is 6.57. The van der Waals surface area contributed by atoms with Crippen LogP contribution in [0.15, 0.2) is 60.8 Å². The third-order valence-electron chi connectivity index (χ3n) is 16.0. The average molecular weight is 1130 g/mol. The second-order valence-corrected chi connectivity index (χ2v) is 24.1. The van der Waals surface area contributed by atoms with E-state index in [1.165, 1.54) is 257 Å². The second kappa shape index (κ2) is 69.6. The Bertz CT molecular complexity index is 1440. The molecule has 0 radical (unpaired) electrons. The van der Waals surface area contributed by atoms with Gasteiger partial charge in [-0.3, -0.25) is 14.4 Å². The number of carbonyl (C=O) groups is 3. The molecular weight excluding hydrogens is 997 g/mol. The molecule has 0 rings (SSSR count). The van der Waals surface area contributed by atoms with Gasteiger partial charge in [0.05, 0.1) is 0 Å². The Kier molecular flexibility index (Phi) is 67.1.